The maximum absolute atomic E-state index is 12.6. The Morgan fingerprint density at radius 1 is 1.26 bits per heavy atom. The number of likely N-dealkylation sites (tertiary alicyclic amines) is 1. The summed E-state index contributed by atoms with van der Waals surface area (Å²) < 4.78 is 0. The molecule has 4 heteroatoms. The highest BCUT2D eigenvalue weighted by molar-refractivity contribution is 5.88. The second kappa shape index (κ2) is 6.23. The molecule has 0 aromatic rings. The molecule has 0 saturated carbocycles. The van der Waals surface area contributed by atoms with Crippen LogP contribution in [0.1, 0.15) is 52.9 Å². The third-order valence-electron chi connectivity index (χ3n) is 4.72. The van der Waals surface area contributed by atoms with E-state index in [2.05, 4.69) is 29.0 Å². The maximum Gasteiger partial charge on any atom is 0.243 e. The smallest absolute Gasteiger partial charge is 0.243 e. The highest BCUT2D eigenvalue weighted by Gasteiger charge is 2.45. The molecule has 2 aliphatic rings. The first-order valence-electron chi connectivity index (χ1n) is 7.92. The van der Waals surface area contributed by atoms with Gasteiger partial charge in [0.2, 0.25) is 5.91 Å². The average Bonchev–Trinajstić information content (AvgIpc) is 2.98. The Balaban J connectivity index is 1.96. The summed E-state index contributed by atoms with van der Waals surface area (Å²) in [7, 11) is 0. The molecule has 2 rings (SSSR count). The molecule has 2 unspecified atom stereocenters. The van der Waals surface area contributed by atoms with Crippen LogP contribution < -0.4 is 5.32 Å². The fourth-order valence-corrected chi connectivity index (χ4v) is 3.23. The third-order valence-corrected chi connectivity index (χ3v) is 4.72. The van der Waals surface area contributed by atoms with Gasteiger partial charge in [-0.3, -0.25) is 10.1 Å². The summed E-state index contributed by atoms with van der Waals surface area (Å²) in [6.45, 7) is 10.7. The van der Waals surface area contributed by atoms with E-state index in [1.807, 2.05) is 6.92 Å². The average molecular weight is 267 g/mol. The van der Waals surface area contributed by atoms with Crippen molar-refractivity contribution >= 4 is 5.91 Å². The van der Waals surface area contributed by atoms with E-state index in [1.165, 1.54) is 25.9 Å². The number of carbonyl (C=O) groups is 1. The second-order valence-electron chi connectivity index (χ2n) is 6.18. The van der Waals surface area contributed by atoms with Crippen molar-refractivity contribution in [3.8, 4) is 0 Å². The monoisotopic (exact) mass is 267 g/mol. The highest BCUT2D eigenvalue weighted by Crippen LogP contribution is 2.25. The summed E-state index contributed by atoms with van der Waals surface area (Å²) in [5, 5.41) is 3.55. The molecule has 2 aliphatic heterocycles. The molecular formula is C15H29N3O. The SMILES string of the molecule is CCCC1NC(C)(CC)C(=O)N1CCN1CCCC1. The molecule has 0 bridgehead atoms. The van der Waals surface area contributed by atoms with Crippen LogP contribution >= 0.6 is 0 Å². The Labute approximate surface area is 117 Å². The predicted molar refractivity (Wildman–Crippen MR) is 77.9 cm³/mol. The molecule has 2 saturated heterocycles. The van der Waals surface area contributed by atoms with E-state index in [0.717, 1.165) is 32.4 Å². The van der Waals surface area contributed by atoms with Gasteiger partial charge in [-0.25, -0.2) is 0 Å². The van der Waals surface area contributed by atoms with E-state index >= 15 is 0 Å². The minimum Gasteiger partial charge on any atom is -0.324 e. The van der Waals surface area contributed by atoms with Crippen LogP contribution in [0.15, 0.2) is 0 Å². The van der Waals surface area contributed by atoms with Gasteiger partial charge in [0.05, 0.1) is 11.7 Å². The molecule has 2 fully saturated rings. The fourth-order valence-electron chi connectivity index (χ4n) is 3.23. The normalized spacial score (nSPS) is 32.5. The second-order valence-corrected chi connectivity index (χ2v) is 6.18. The highest BCUT2D eigenvalue weighted by atomic mass is 16.2. The van der Waals surface area contributed by atoms with Gasteiger partial charge in [-0.15, -0.1) is 0 Å². The number of rotatable bonds is 6. The molecule has 1 N–H and O–H groups in total. The molecule has 4 nitrogen and oxygen atoms in total. The van der Waals surface area contributed by atoms with E-state index in [4.69, 9.17) is 0 Å². The van der Waals surface area contributed by atoms with Crippen molar-refractivity contribution in [2.24, 2.45) is 0 Å². The number of amides is 1. The summed E-state index contributed by atoms with van der Waals surface area (Å²) in [6, 6.07) is 0. The van der Waals surface area contributed by atoms with Crippen molar-refractivity contribution in [1.29, 1.82) is 0 Å². The van der Waals surface area contributed by atoms with E-state index in [1.54, 1.807) is 0 Å². The Morgan fingerprint density at radius 3 is 2.53 bits per heavy atom. The van der Waals surface area contributed by atoms with Crippen LogP contribution in [0, 0.1) is 0 Å². The molecule has 0 aromatic heterocycles. The van der Waals surface area contributed by atoms with Gasteiger partial charge in [0, 0.05) is 13.1 Å². The molecule has 0 radical (unpaired) electrons. The van der Waals surface area contributed by atoms with Gasteiger partial charge < -0.3 is 9.80 Å². The van der Waals surface area contributed by atoms with E-state index < -0.39 is 0 Å². The molecule has 2 heterocycles. The lowest BCUT2D eigenvalue weighted by Gasteiger charge is -2.26. The van der Waals surface area contributed by atoms with Crippen molar-refractivity contribution in [3.63, 3.8) is 0 Å². The summed E-state index contributed by atoms with van der Waals surface area (Å²) in [5.74, 6) is 0.299. The minimum absolute atomic E-state index is 0.241. The Kier molecular flexibility index (Phi) is 4.85. The van der Waals surface area contributed by atoms with Gasteiger partial charge in [-0.1, -0.05) is 20.3 Å². The lowest BCUT2D eigenvalue weighted by Crippen LogP contribution is -2.43. The van der Waals surface area contributed by atoms with Gasteiger partial charge >= 0.3 is 0 Å². The summed E-state index contributed by atoms with van der Waals surface area (Å²) in [4.78, 5) is 17.2. The molecule has 110 valence electrons. The largest absolute Gasteiger partial charge is 0.324 e. The van der Waals surface area contributed by atoms with Crippen LogP contribution in [-0.4, -0.2) is 53.6 Å². The van der Waals surface area contributed by atoms with E-state index in [-0.39, 0.29) is 11.7 Å². The van der Waals surface area contributed by atoms with Crippen molar-refractivity contribution in [1.82, 2.24) is 15.1 Å². The van der Waals surface area contributed by atoms with Crippen LogP contribution in [0.2, 0.25) is 0 Å². The molecule has 1 amide bonds. The summed E-state index contributed by atoms with van der Waals surface area (Å²) in [5.41, 5.74) is -0.342. The van der Waals surface area contributed by atoms with Crippen molar-refractivity contribution in [2.75, 3.05) is 26.2 Å². The van der Waals surface area contributed by atoms with Crippen LogP contribution in [0.5, 0.6) is 0 Å². The fraction of sp³-hybridized carbons (Fsp3) is 0.933. The maximum atomic E-state index is 12.6. The molecule has 2 atom stereocenters. The number of carbonyl (C=O) groups excluding carboxylic acids is 1. The van der Waals surface area contributed by atoms with Gasteiger partial charge in [-0.05, 0) is 45.7 Å². The van der Waals surface area contributed by atoms with Crippen molar-refractivity contribution in [2.45, 2.75) is 64.6 Å². The zero-order chi connectivity index (χ0) is 13.9. The van der Waals surface area contributed by atoms with E-state index in [9.17, 15) is 4.79 Å². The number of hydrogen-bond acceptors (Lipinski definition) is 3. The standard InChI is InChI=1S/C15H29N3O/c1-4-8-13-16-15(3,5-2)14(19)18(13)12-11-17-9-6-7-10-17/h13,16H,4-12H2,1-3H3. The first kappa shape index (κ1) is 14.8. The zero-order valence-electron chi connectivity index (χ0n) is 12.7. The zero-order valence-corrected chi connectivity index (χ0v) is 12.7. The van der Waals surface area contributed by atoms with E-state index in [0.29, 0.717) is 5.91 Å². The number of nitrogens with one attached hydrogen (secondary N) is 1. The molecule has 0 aliphatic carbocycles. The Bertz CT molecular complexity index is 315. The number of hydrogen-bond donors (Lipinski definition) is 1. The van der Waals surface area contributed by atoms with Crippen LogP contribution in [0.3, 0.4) is 0 Å². The van der Waals surface area contributed by atoms with Crippen LogP contribution in [0.25, 0.3) is 0 Å². The van der Waals surface area contributed by atoms with Crippen molar-refractivity contribution < 1.29 is 4.79 Å². The summed E-state index contributed by atoms with van der Waals surface area (Å²) >= 11 is 0. The molecule has 19 heavy (non-hydrogen) atoms. The first-order chi connectivity index (χ1) is 9.10. The Hall–Kier alpha value is -0.610. The minimum atomic E-state index is -0.342. The lowest BCUT2D eigenvalue weighted by molar-refractivity contribution is -0.133. The number of nitrogens with zero attached hydrogens (tertiary/aromatic N) is 2. The van der Waals surface area contributed by atoms with Gasteiger partial charge in [0.25, 0.3) is 0 Å². The van der Waals surface area contributed by atoms with Crippen molar-refractivity contribution in [3.05, 3.63) is 0 Å². The Morgan fingerprint density at radius 2 is 1.95 bits per heavy atom. The molecule has 0 aromatic carbocycles. The van der Waals surface area contributed by atoms with Gasteiger partial charge in [0.1, 0.15) is 0 Å². The van der Waals surface area contributed by atoms with Crippen LogP contribution in [0.4, 0.5) is 0 Å². The predicted octanol–water partition coefficient (Wildman–Crippen LogP) is 1.81. The quantitative estimate of drug-likeness (QED) is 0.797. The lowest BCUT2D eigenvalue weighted by atomic mass is 9.99. The first-order valence-corrected chi connectivity index (χ1v) is 7.92. The third kappa shape index (κ3) is 3.11. The van der Waals surface area contributed by atoms with Gasteiger partial charge in [0.15, 0.2) is 0 Å². The molecule has 0 spiro atoms. The van der Waals surface area contributed by atoms with Crippen LogP contribution in [-0.2, 0) is 4.79 Å². The molecular weight excluding hydrogens is 238 g/mol. The summed E-state index contributed by atoms with van der Waals surface area (Å²) in [6.07, 6.45) is 5.91. The van der Waals surface area contributed by atoms with Gasteiger partial charge in [-0.2, -0.15) is 0 Å². The topological polar surface area (TPSA) is 35.6 Å².